The van der Waals surface area contributed by atoms with Crippen LogP contribution in [0.25, 0.3) is 0 Å². The molecule has 0 bridgehead atoms. The molecular formula is C8H6BrF2NO3. The highest BCUT2D eigenvalue weighted by Gasteiger charge is 2.21. The summed E-state index contributed by atoms with van der Waals surface area (Å²) >= 11 is 3.03. The van der Waals surface area contributed by atoms with E-state index in [1.165, 1.54) is 13.0 Å². The third kappa shape index (κ3) is 2.85. The Hall–Kier alpha value is -1.24. The number of nitrogens with zero attached hydrogens (tertiary/aromatic N) is 1. The van der Waals surface area contributed by atoms with E-state index in [1.807, 2.05) is 0 Å². The van der Waals surface area contributed by atoms with Crippen LogP contribution in [0.15, 0.2) is 16.6 Å². The summed E-state index contributed by atoms with van der Waals surface area (Å²) in [6, 6.07) is 2.58. The lowest BCUT2D eigenvalue weighted by molar-refractivity contribution is -0.386. The van der Waals surface area contributed by atoms with Crippen molar-refractivity contribution in [3.63, 3.8) is 0 Å². The van der Waals surface area contributed by atoms with Gasteiger partial charge in [0.05, 0.1) is 4.92 Å². The smallest absolute Gasteiger partial charge is 0.387 e. The van der Waals surface area contributed by atoms with Gasteiger partial charge in [0.15, 0.2) is 0 Å². The highest BCUT2D eigenvalue weighted by atomic mass is 79.9. The molecule has 0 aliphatic heterocycles. The van der Waals surface area contributed by atoms with Crippen molar-refractivity contribution in [3.05, 3.63) is 32.3 Å². The van der Waals surface area contributed by atoms with Gasteiger partial charge in [-0.3, -0.25) is 10.1 Å². The van der Waals surface area contributed by atoms with Crippen molar-refractivity contribution < 1.29 is 18.4 Å². The van der Waals surface area contributed by atoms with Gasteiger partial charge in [0.25, 0.3) is 0 Å². The van der Waals surface area contributed by atoms with E-state index in [-0.39, 0.29) is 5.56 Å². The van der Waals surface area contributed by atoms with Gasteiger partial charge >= 0.3 is 12.3 Å². The number of nitro benzene ring substituents is 1. The second-order valence-electron chi connectivity index (χ2n) is 2.71. The minimum atomic E-state index is -3.08. The van der Waals surface area contributed by atoms with Crippen LogP contribution in [0.5, 0.6) is 5.75 Å². The Morgan fingerprint density at radius 2 is 2.13 bits per heavy atom. The molecule has 0 radical (unpaired) electrons. The number of rotatable bonds is 3. The van der Waals surface area contributed by atoms with Crippen LogP contribution >= 0.6 is 15.9 Å². The monoisotopic (exact) mass is 281 g/mol. The van der Waals surface area contributed by atoms with E-state index in [2.05, 4.69) is 20.7 Å². The second-order valence-corrected chi connectivity index (χ2v) is 3.62. The minimum Gasteiger partial charge on any atom is -0.427 e. The average molecular weight is 282 g/mol. The Morgan fingerprint density at radius 1 is 1.53 bits per heavy atom. The maximum atomic E-state index is 12.0. The molecule has 0 aromatic heterocycles. The number of alkyl halides is 2. The van der Waals surface area contributed by atoms with E-state index in [0.29, 0.717) is 4.47 Å². The molecule has 0 unspecified atom stereocenters. The normalized spacial score (nSPS) is 10.5. The lowest BCUT2D eigenvalue weighted by Crippen LogP contribution is -2.06. The van der Waals surface area contributed by atoms with Gasteiger partial charge in [0.2, 0.25) is 5.75 Å². The molecular weight excluding hydrogens is 276 g/mol. The third-order valence-corrected chi connectivity index (χ3v) is 2.08. The van der Waals surface area contributed by atoms with E-state index in [4.69, 9.17) is 0 Å². The Balaban J connectivity index is 3.27. The molecule has 1 aromatic carbocycles. The number of hydrogen-bond acceptors (Lipinski definition) is 3. The summed E-state index contributed by atoms with van der Waals surface area (Å²) in [6.07, 6.45) is 0. The summed E-state index contributed by atoms with van der Waals surface area (Å²) in [5, 5.41) is 10.6. The van der Waals surface area contributed by atoms with Crippen LogP contribution in [0.2, 0.25) is 0 Å². The molecule has 0 N–H and O–H groups in total. The molecule has 0 heterocycles. The fraction of sp³-hybridized carbons (Fsp3) is 0.250. The summed E-state index contributed by atoms with van der Waals surface area (Å²) in [4.78, 5) is 9.80. The van der Waals surface area contributed by atoms with Crippen LogP contribution in [-0.4, -0.2) is 11.5 Å². The van der Waals surface area contributed by atoms with Gasteiger partial charge < -0.3 is 4.74 Å². The summed E-state index contributed by atoms with van der Waals surface area (Å²) in [5.41, 5.74) is -0.210. The average Bonchev–Trinajstić information content (AvgIpc) is 2.08. The van der Waals surface area contributed by atoms with E-state index in [9.17, 15) is 18.9 Å². The van der Waals surface area contributed by atoms with Gasteiger partial charge in [-0.25, -0.2) is 0 Å². The van der Waals surface area contributed by atoms with E-state index in [1.54, 1.807) is 0 Å². The number of benzene rings is 1. The molecule has 0 aliphatic rings. The van der Waals surface area contributed by atoms with E-state index < -0.39 is 23.0 Å². The van der Waals surface area contributed by atoms with Crippen molar-refractivity contribution in [1.82, 2.24) is 0 Å². The first-order valence-corrected chi connectivity index (χ1v) is 4.60. The van der Waals surface area contributed by atoms with Crippen LogP contribution in [0, 0.1) is 17.0 Å². The molecule has 7 heteroatoms. The van der Waals surface area contributed by atoms with Gasteiger partial charge in [-0.05, 0) is 18.6 Å². The first-order valence-electron chi connectivity index (χ1n) is 3.81. The Kier molecular flexibility index (Phi) is 3.57. The Bertz CT molecular complexity index is 398. The topological polar surface area (TPSA) is 52.4 Å². The maximum Gasteiger partial charge on any atom is 0.387 e. The number of ether oxygens (including phenoxy) is 1. The van der Waals surface area contributed by atoms with Crippen molar-refractivity contribution >= 4 is 21.6 Å². The fourth-order valence-corrected chi connectivity index (χ4v) is 1.65. The first-order chi connectivity index (χ1) is 6.91. The quantitative estimate of drug-likeness (QED) is 0.631. The lowest BCUT2D eigenvalue weighted by Gasteiger charge is -2.08. The zero-order chi connectivity index (χ0) is 11.6. The van der Waals surface area contributed by atoms with Crippen LogP contribution in [0.4, 0.5) is 14.5 Å². The highest BCUT2D eigenvalue weighted by molar-refractivity contribution is 9.10. The number of hydrogen-bond donors (Lipinski definition) is 0. The fourth-order valence-electron chi connectivity index (χ4n) is 1.09. The van der Waals surface area contributed by atoms with Crippen molar-refractivity contribution in [2.75, 3.05) is 0 Å². The summed E-state index contributed by atoms with van der Waals surface area (Å²) in [5.74, 6) is -0.404. The lowest BCUT2D eigenvalue weighted by atomic mass is 10.2. The molecule has 0 spiro atoms. The molecule has 0 saturated carbocycles. The number of aryl methyl sites for hydroxylation is 1. The zero-order valence-corrected chi connectivity index (χ0v) is 9.12. The largest absolute Gasteiger partial charge is 0.427 e. The van der Waals surface area contributed by atoms with Gasteiger partial charge in [-0.15, -0.1) is 0 Å². The van der Waals surface area contributed by atoms with Crippen LogP contribution in [0.3, 0.4) is 0 Å². The standard InChI is InChI=1S/C8H6BrF2NO3/c1-4-2-5(9)3-6(12(13)14)7(4)15-8(10)11/h2-3,8H,1H3. The van der Waals surface area contributed by atoms with Crippen molar-refractivity contribution in [1.29, 1.82) is 0 Å². The van der Waals surface area contributed by atoms with Gasteiger partial charge in [0.1, 0.15) is 0 Å². The SMILES string of the molecule is Cc1cc(Br)cc([N+](=O)[O-])c1OC(F)F. The maximum absolute atomic E-state index is 12.0. The van der Waals surface area contributed by atoms with E-state index >= 15 is 0 Å². The third-order valence-electron chi connectivity index (χ3n) is 1.62. The molecule has 1 rings (SSSR count). The zero-order valence-electron chi connectivity index (χ0n) is 7.54. The summed E-state index contributed by atoms with van der Waals surface area (Å²) < 4.78 is 28.5. The number of halogens is 3. The molecule has 0 atom stereocenters. The molecule has 82 valence electrons. The molecule has 0 fully saturated rings. The predicted octanol–water partition coefficient (Wildman–Crippen LogP) is 3.27. The molecule has 0 saturated heterocycles. The molecule has 0 amide bonds. The van der Waals surface area contributed by atoms with Gasteiger partial charge in [-0.2, -0.15) is 8.78 Å². The van der Waals surface area contributed by atoms with Gasteiger partial charge in [0, 0.05) is 10.5 Å². The molecule has 15 heavy (non-hydrogen) atoms. The van der Waals surface area contributed by atoms with Crippen molar-refractivity contribution in [2.24, 2.45) is 0 Å². The van der Waals surface area contributed by atoms with Crippen molar-refractivity contribution in [3.8, 4) is 5.75 Å². The molecule has 4 nitrogen and oxygen atoms in total. The highest BCUT2D eigenvalue weighted by Crippen LogP contribution is 2.34. The predicted molar refractivity (Wildman–Crippen MR) is 52.2 cm³/mol. The minimum absolute atomic E-state index is 0.274. The second kappa shape index (κ2) is 4.52. The van der Waals surface area contributed by atoms with E-state index in [0.717, 1.165) is 6.07 Å². The number of nitro groups is 1. The van der Waals surface area contributed by atoms with Gasteiger partial charge in [-0.1, -0.05) is 15.9 Å². The Morgan fingerprint density at radius 3 is 2.60 bits per heavy atom. The first kappa shape index (κ1) is 11.8. The van der Waals surface area contributed by atoms with Crippen LogP contribution in [-0.2, 0) is 0 Å². The summed E-state index contributed by atoms with van der Waals surface area (Å²) in [6.45, 7) is -1.63. The summed E-state index contributed by atoms with van der Waals surface area (Å²) in [7, 11) is 0. The van der Waals surface area contributed by atoms with Crippen LogP contribution < -0.4 is 4.74 Å². The van der Waals surface area contributed by atoms with Crippen molar-refractivity contribution in [2.45, 2.75) is 13.5 Å². The molecule has 0 aliphatic carbocycles. The van der Waals surface area contributed by atoms with Crippen LogP contribution in [0.1, 0.15) is 5.56 Å². The molecule has 1 aromatic rings. The Labute approximate surface area is 92.1 Å².